The summed E-state index contributed by atoms with van der Waals surface area (Å²) in [4.78, 5) is 2.75. The molecule has 16 heavy (non-hydrogen) atoms. The highest BCUT2D eigenvalue weighted by atomic mass is 15.2. The molecule has 1 N–H and O–H groups in total. The third kappa shape index (κ3) is 4.06. The zero-order valence-corrected chi connectivity index (χ0v) is 11.5. The Morgan fingerprint density at radius 1 is 1.06 bits per heavy atom. The SMILES string of the molecule is CCCCN(CCCC)C1CCCC1NC. The van der Waals surface area contributed by atoms with Crippen molar-refractivity contribution >= 4 is 0 Å². The molecule has 0 aromatic heterocycles. The summed E-state index contributed by atoms with van der Waals surface area (Å²) in [5, 5.41) is 3.51. The van der Waals surface area contributed by atoms with Crippen molar-refractivity contribution in [1.29, 1.82) is 0 Å². The van der Waals surface area contributed by atoms with Gasteiger partial charge in [-0.1, -0.05) is 33.1 Å². The number of likely N-dealkylation sites (N-methyl/N-ethyl adjacent to an activating group) is 1. The molecular weight excluding hydrogens is 196 g/mol. The highest BCUT2D eigenvalue weighted by Gasteiger charge is 2.30. The predicted octanol–water partition coefficient (Wildman–Crippen LogP) is 3.03. The van der Waals surface area contributed by atoms with E-state index in [9.17, 15) is 0 Å². The lowest BCUT2D eigenvalue weighted by Gasteiger charge is -2.33. The summed E-state index contributed by atoms with van der Waals surface area (Å²) in [7, 11) is 2.13. The largest absolute Gasteiger partial charge is 0.315 e. The van der Waals surface area contributed by atoms with Crippen molar-refractivity contribution in [2.45, 2.75) is 70.9 Å². The van der Waals surface area contributed by atoms with E-state index >= 15 is 0 Å². The van der Waals surface area contributed by atoms with Crippen molar-refractivity contribution in [1.82, 2.24) is 10.2 Å². The van der Waals surface area contributed by atoms with E-state index in [4.69, 9.17) is 0 Å². The average Bonchev–Trinajstić information content (AvgIpc) is 2.77. The average molecular weight is 226 g/mol. The summed E-state index contributed by atoms with van der Waals surface area (Å²) in [6.45, 7) is 7.20. The highest BCUT2D eigenvalue weighted by molar-refractivity contribution is 4.89. The molecule has 0 heterocycles. The summed E-state index contributed by atoms with van der Waals surface area (Å²) >= 11 is 0. The lowest BCUT2D eigenvalue weighted by Crippen LogP contribution is -2.46. The normalized spacial score (nSPS) is 25.5. The Morgan fingerprint density at radius 2 is 1.69 bits per heavy atom. The molecule has 0 radical (unpaired) electrons. The van der Waals surface area contributed by atoms with E-state index in [-0.39, 0.29) is 0 Å². The molecule has 2 atom stereocenters. The second-order valence-electron chi connectivity index (χ2n) is 5.14. The fourth-order valence-electron chi connectivity index (χ4n) is 2.88. The van der Waals surface area contributed by atoms with Gasteiger partial charge in [0.1, 0.15) is 0 Å². The zero-order valence-electron chi connectivity index (χ0n) is 11.5. The summed E-state index contributed by atoms with van der Waals surface area (Å²) < 4.78 is 0. The molecule has 0 aromatic rings. The third-order valence-corrected chi connectivity index (χ3v) is 3.92. The van der Waals surface area contributed by atoms with Crippen LogP contribution in [0, 0.1) is 0 Å². The van der Waals surface area contributed by atoms with E-state index < -0.39 is 0 Å². The van der Waals surface area contributed by atoms with Gasteiger partial charge in [0.2, 0.25) is 0 Å². The summed E-state index contributed by atoms with van der Waals surface area (Å²) in [6.07, 6.45) is 9.53. The second kappa shape index (κ2) is 8.08. The molecule has 0 saturated heterocycles. The van der Waals surface area contributed by atoms with Crippen LogP contribution in [0.4, 0.5) is 0 Å². The van der Waals surface area contributed by atoms with Crippen LogP contribution >= 0.6 is 0 Å². The first kappa shape index (κ1) is 14.0. The molecule has 1 aliphatic rings. The number of nitrogens with zero attached hydrogens (tertiary/aromatic N) is 1. The fraction of sp³-hybridized carbons (Fsp3) is 1.00. The first-order valence-corrected chi connectivity index (χ1v) is 7.24. The van der Waals surface area contributed by atoms with E-state index in [2.05, 4.69) is 31.1 Å². The van der Waals surface area contributed by atoms with Crippen LogP contribution in [0.1, 0.15) is 58.8 Å². The van der Waals surface area contributed by atoms with E-state index in [1.54, 1.807) is 0 Å². The molecule has 2 nitrogen and oxygen atoms in total. The summed E-state index contributed by atoms with van der Waals surface area (Å²) in [6, 6.07) is 1.55. The van der Waals surface area contributed by atoms with Gasteiger partial charge in [0.25, 0.3) is 0 Å². The molecule has 0 aromatic carbocycles. The molecular formula is C14H30N2. The Balaban J connectivity index is 2.45. The van der Waals surface area contributed by atoms with Crippen LogP contribution in [0.25, 0.3) is 0 Å². The molecule has 0 spiro atoms. The van der Waals surface area contributed by atoms with Gasteiger partial charge in [-0.2, -0.15) is 0 Å². The molecule has 1 saturated carbocycles. The van der Waals surface area contributed by atoms with Crippen molar-refractivity contribution in [3.8, 4) is 0 Å². The summed E-state index contributed by atoms with van der Waals surface area (Å²) in [5.74, 6) is 0. The Hall–Kier alpha value is -0.0800. The number of nitrogens with one attached hydrogen (secondary N) is 1. The van der Waals surface area contributed by atoms with E-state index in [0.29, 0.717) is 0 Å². The number of unbranched alkanes of at least 4 members (excludes halogenated alkanes) is 2. The van der Waals surface area contributed by atoms with Gasteiger partial charge in [0.15, 0.2) is 0 Å². The molecule has 0 aliphatic heterocycles. The molecule has 1 rings (SSSR count). The minimum atomic E-state index is 0.744. The first-order chi connectivity index (χ1) is 7.83. The first-order valence-electron chi connectivity index (χ1n) is 7.24. The molecule has 0 bridgehead atoms. The van der Waals surface area contributed by atoms with E-state index in [1.165, 1.54) is 58.0 Å². The Morgan fingerprint density at radius 3 is 2.19 bits per heavy atom. The van der Waals surface area contributed by atoms with Crippen molar-refractivity contribution in [2.24, 2.45) is 0 Å². The van der Waals surface area contributed by atoms with Crippen LogP contribution in [0.2, 0.25) is 0 Å². The van der Waals surface area contributed by atoms with Gasteiger partial charge in [-0.05, 0) is 45.8 Å². The standard InChI is InChI=1S/C14H30N2/c1-4-6-11-16(12-7-5-2)14-10-8-9-13(14)15-3/h13-15H,4-12H2,1-3H3. The van der Waals surface area contributed by atoms with E-state index in [0.717, 1.165) is 12.1 Å². The van der Waals surface area contributed by atoms with Gasteiger partial charge in [0.05, 0.1) is 0 Å². The third-order valence-electron chi connectivity index (χ3n) is 3.92. The summed E-state index contributed by atoms with van der Waals surface area (Å²) in [5.41, 5.74) is 0. The fourth-order valence-corrected chi connectivity index (χ4v) is 2.88. The number of hydrogen-bond acceptors (Lipinski definition) is 2. The van der Waals surface area contributed by atoms with Crippen molar-refractivity contribution < 1.29 is 0 Å². The van der Waals surface area contributed by atoms with Crippen molar-refractivity contribution in [3.05, 3.63) is 0 Å². The molecule has 1 fully saturated rings. The quantitative estimate of drug-likeness (QED) is 0.684. The Bertz CT molecular complexity index is 162. The maximum Gasteiger partial charge on any atom is 0.0249 e. The van der Waals surface area contributed by atoms with E-state index in [1.807, 2.05) is 0 Å². The maximum atomic E-state index is 3.51. The zero-order chi connectivity index (χ0) is 11.8. The van der Waals surface area contributed by atoms with Gasteiger partial charge in [0, 0.05) is 12.1 Å². The van der Waals surface area contributed by atoms with Gasteiger partial charge < -0.3 is 5.32 Å². The van der Waals surface area contributed by atoms with Gasteiger partial charge >= 0.3 is 0 Å². The predicted molar refractivity (Wildman–Crippen MR) is 71.9 cm³/mol. The highest BCUT2D eigenvalue weighted by Crippen LogP contribution is 2.24. The van der Waals surface area contributed by atoms with Crippen LogP contribution in [-0.2, 0) is 0 Å². The van der Waals surface area contributed by atoms with Crippen molar-refractivity contribution in [2.75, 3.05) is 20.1 Å². The maximum absolute atomic E-state index is 3.51. The molecule has 2 heteroatoms. The lowest BCUT2D eigenvalue weighted by atomic mass is 10.1. The number of rotatable bonds is 8. The Labute approximate surface area is 102 Å². The smallest absolute Gasteiger partial charge is 0.0249 e. The molecule has 2 unspecified atom stereocenters. The van der Waals surface area contributed by atoms with Crippen LogP contribution in [0.3, 0.4) is 0 Å². The van der Waals surface area contributed by atoms with Crippen molar-refractivity contribution in [3.63, 3.8) is 0 Å². The van der Waals surface area contributed by atoms with Crippen LogP contribution in [0.15, 0.2) is 0 Å². The van der Waals surface area contributed by atoms with Crippen LogP contribution in [0.5, 0.6) is 0 Å². The van der Waals surface area contributed by atoms with Gasteiger partial charge in [-0.3, -0.25) is 4.90 Å². The Kier molecular flexibility index (Phi) is 7.06. The monoisotopic (exact) mass is 226 g/mol. The number of hydrogen-bond donors (Lipinski definition) is 1. The molecule has 0 amide bonds. The van der Waals surface area contributed by atoms with Crippen LogP contribution < -0.4 is 5.32 Å². The second-order valence-corrected chi connectivity index (χ2v) is 5.14. The van der Waals surface area contributed by atoms with Gasteiger partial charge in [-0.15, -0.1) is 0 Å². The molecule has 1 aliphatic carbocycles. The van der Waals surface area contributed by atoms with Crippen LogP contribution in [-0.4, -0.2) is 37.1 Å². The van der Waals surface area contributed by atoms with Gasteiger partial charge in [-0.25, -0.2) is 0 Å². The lowest BCUT2D eigenvalue weighted by molar-refractivity contribution is 0.170. The minimum Gasteiger partial charge on any atom is -0.315 e. The topological polar surface area (TPSA) is 15.3 Å². The molecule has 96 valence electrons. The minimum absolute atomic E-state index is 0.744.